The van der Waals surface area contributed by atoms with Gasteiger partial charge in [0.25, 0.3) is 0 Å². The molecule has 35 heavy (non-hydrogen) atoms. The summed E-state index contributed by atoms with van der Waals surface area (Å²) in [4.78, 5) is 0. The van der Waals surface area contributed by atoms with E-state index in [1.807, 2.05) is 36.4 Å². The second-order valence-corrected chi connectivity index (χ2v) is 9.19. The van der Waals surface area contributed by atoms with Gasteiger partial charge < -0.3 is 24.8 Å². The van der Waals surface area contributed by atoms with Crippen molar-refractivity contribution in [3.05, 3.63) is 161 Å². The van der Waals surface area contributed by atoms with E-state index in [9.17, 15) is 0 Å². The summed E-state index contributed by atoms with van der Waals surface area (Å²) >= 11 is 1.46. The first-order chi connectivity index (χ1) is 16.2. The molecule has 0 saturated heterocycles. The molecule has 5 aromatic carbocycles. The second-order valence-electron chi connectivity index (χ2n) is 7.97. The maximum absolute atomic E-state index is 3.30. The Bertz CT molecular complexity index is 1230. The number of hydrogen-bond donors (Lipinski definition) is 0. The van der Waals surface area contributed by atoms with E-state index in [1.165, 1.54) is 66.4 Å². The summed E-state index contributed by atoms with van der Waals surface area (Å²) in [6.45, 7) is 2.12. The molecule has 0 spiro atoms. The van der Waals surface area contributed by atoms with Gasteiger partial charge in [0, 0.05) is 0 Å². The van der Waals surface area contributed by atoms with Crippen LogP contribution >= 0.6 is 0 Å². The Morgan fingerprint density at radius 1 is 0.686 bits per heavy atom. The van der Waals surface area contributed by atoms with Gasteiger partial charge in [-0.1, -0.05) is 35.4 Å². The summed E-state index contributed by atoms with van der Waals surface area (Å²) in [7, 11) is 0. The first kappa shape index (κ1) is 28.8. The molecule has 0 radical (unpaired) electrons. The second kappa shape index (κ2) is 14.8. The van der Waals surface area contributed by atoms with Crippen LogP contribution < -0.4 is 24.8 Å². The quantitative estimate of drug-likeness (QED) is 0.277. The first-order valence-corrected chi connectivity index (χ1v) is 12.4. The van der Waals surface area contributed by atoms with E-state index in [0.29, 0.717) is 0 Å². The monoisotopic (exact) mass is 570 g/mol. The topological polar surface area (TPSA) is 0 Å². The molecule has 0 aromatic heterocycles. The van der Waals surface area contributed by atoms with Crippen LogP contribution in [-0.4, -0.2) is 3.21 Å². The number of rotatable bonds is 2. The number of halogens is 2. The van der Waals surface area contributed by atoms with Crippen molar-refractivity contribution in [1.29, 1.82) is 0 Å². The zero-order valence-corrected chi connectivity index (χ0v) is 23.6. The Balaban J connectivity index is 0.000000198. The van der Waals surface area contributed by atoms with Gasteiger partial charge in [-0.15, -0.1) is 5.56 Å². The molecule has 0 amide bonds. The van der Waals surface area contributed by atoms with E-state index in [0.717, 1.165) is 6.42 Å². The van der Waals surface area contributed by atoms with Gasteiger partial charge in [0.15, 0.2) is 0 Å². The van der Waals surface area contributed by atoms with Gasteiger partial charge in [0.05, 0.1) is 0 Å². The Labute approximate surface area is 236 Å². The van der Waals surface area contributed by atoms with E-state index < -0.39 is 0 Å². The van der Waals surface area contributed by atoms with Crippen LogP contribution in [0.4, 0.5) is 0 Å². The van der Waals surface area contributed by atoms with E-state index in [4.69, 9.17) is 0 Å². The molecule has 0 bridgehead atoms. The van der Waals surface area contributed by atoms with Crippen molar-refractivity contribution in [3.63, 3.8) is 0 Å². The van der Waals surface area contributed by atoms with Gasteiger partial charge in [-0.25, -0.2) is 12.1 Å². The van der Waals surface area contributed by atoms with Crippen LogP contribution in [-0.2, 0) is 30.7 Å². The standard InChI is InChI=1S/C14H12.C13H9.C5H5.2ClH.Zr/c1-12-7-9-14(10-8-12)11-13-5-3-2-4-6-13;1-3-7-12-10(5-1)9-11-6-2-4-8-13(11)12;1-2-4-5-3-1;;;/h2-10H,1H3;1-5,7-8H,9H2;1-5H;2*1H;/q;2*-1;;;+2/p-2. The third-order valence-corrected chi connectivity index (χ3v) is 6.99. The van der Waals surface area contributed by atoms with Crippen molar-refractivity contribution < 1.29 is 49.0 Å². The van der Waals surface area contributed by atoms with E-state index in [2.05, 4.69) is 104 Å². The SMILES string of the molecule is Cc1ccc([C](=[Zr+2])c2ccccc2)cc1.[Cl-].[Cl-].[c-]1cccc2c1Cc1ccccc1-2.c1cc[cH-]c1. The Morgan fingerprint density at radius 2 is 1.29 bits per heavy atom. The fourth-order valence-corrected chi connectivity index (χ4v) is 4.63. The molecular weight excluding hydrogens is 546 g/mol. The van der Waals surface area contributed by atoms with Crippen molar-refractivity contribution >= 4 is 3.21 Å². The maximum atomic E-state index is 3.30. The largest absolute Gasteiger partial charge is 1.00 e. The van der Waals surface area contributed by atoms with Crippen LogP contribution in [0.5, 0.6) is 0 Å². The van der Waals surface area contributed by atoms with Crippen molar-refractivity contribution in [2.75, 3.05) is 0 Å². The van der Waals surface area contributed by atoms with E-state index >= 15 is 0 Å². The Hall–Kier alpha value is -2.44. The average molecular weight is 573 g/mol. The molecule has 0 nitrogen and oxygen atoms in total. The van der Waals surface area contributed by atoms with Gasteiger partial charge in [-0.2, -0.15) is 48.0 Å². The average Bonchev–Trinajstić information content (AvgIpc) is 3.57. The maximum Gasteiger partial charge on any atom is -0.0253 e. The van der Waals surface area contributed by atoms with Gasteiger partial charge in [0.1, 0.15) is 0 Å². The summed E-state index contributed by atoms with van der Waals surface area (Å²) in [6, 6.07) is 47.4. The molecule has 1 aliphatic carbocycles. The summed E-state index contributed by atoms with van der Waals surface area (Å²) in [6.07, 6.45) is 1.05. The predicted octanol–water partition coefficient (Wildman–Crippen LogP) is 1.58. The fraction of sp³-hybridized carbons (Fsp3) is 0.0625. The number of hydrogen-bond acceptors (Lipinski definition) is 0. The zero-order valence-electron chi connectivity index (χ0n) is 19.6. The molecule has 0 fully saturated rings. The number of benzene rings is 4. The van der Waals surface area contributed by atoms with Crippen LogP contribution in [0.1, 0.15) is 27.8 Å². The van der Waals surface area contributed by atoms with Crippen molar-refractivity contribution in [1.82, 2.24) is 0 Å². The van der Waals surface area contributed by atoms with Crippen LogP contribution in [0, 0.1) is 13.0 Å². The molecule has 1 aliphatic rings. The molecule has 0 unspecified atom stereocenters. The van der Waals surface area contributed by atoms with Crippen molar-refractivity contribution in [2.24, 2.45) is 0 Å². The molecule has 0 heterocycles. The number of aryl methyl sites for hydroxylation is 1. The Morgan fingerprint density at radius 3 is 1.94 bits per heavy atom. The molecule has 0 atom stereocenters. The fourth-order valence-electron chi connectivity index (χ4n) is 3.81. The van der Waals surface area contributed by atoms with Crippen molar-refractivity contribution in [2.45, 2.75) is 13.3 Å². The van der Waals surface area contributed by atoms with E-state index in [1.54, 1.807) is 0 Å². The molecule has 174 valence electrons. The molecule has 0 aliphatic heterocycles. The minimum atomic E-state index is 0. The van der Waals surface area contributed by atoms with Gasteiger partial charge in [-0.05, 0) is 6.42 Å². The zero-order chi connectivity index (χ0) is 22.9. The van der Waals surface area contributed by atoms with Crippen LogP contribution in [0.25, 0.3) is 11.1 Å². The molecule has 6 rings (SSSR count). The molecule has 5 aromatic rings. The Kier molecular flexibility index (Phi) is 12.2. The molecular formula is C32H26Cl2Zr-2. The van der Waals surface area contributed by atoms with Gasteiger partial charge in [0.2, 0.25) is 0 Å². The summed E-state index contributed by atoms with van der Waals surface area (Å²) in [5.74, 6) is 0. The van der Waals surface area contributed by atoms with Gasteiger partial charge in [-0.3, -0.25) is 0 Å². The predicted molar refractivity (Wildman–Crippen MR) is 136 cm³/mol. The molecule has 3 heteroatoms. The van der Waals surface area contributed by atoms with E-state index in [-0.39, 0.29) is 24.8 Å². The minimum Gasteiger partial charge on any atom is -1.00 e. The van der Waals surface area contributed by atoms with Crippen LogP contribution in [0.3, 0.4) is 0 Å². The summed E-state index contributed by atoms with van der Waals surface area (Å²) < 4.78 is 1.42. The smallest absolute Gasteiger partial charge is 0.0253 e. The number of fused-ring (bicyclic) bond motifs is 3. The summed E-state index contributed by atoms with van der Waals surface area (Å²) in [5, 5.41) is 0. The molecule has 0 saturated carbocycles. The normalized spacial score (nSPS) is 10.0. The minimum absolute atomic E-state index is 0. The van der Waals surface area contributed by atoms with Crippen LogP contribution in [0.2, 0.25) is 0 Å². The summed E-state index contributed by atoms with van der Waals surface area (Å²) in [5.41, 5.74) is 9.50. The van der Waals surface area contributed by atoms with Gasteiger partial charge >= 0.3 is 106 Å². The van der Waals surface area contributed by atoms with Crippen LogP contribution in [0.15, 0.2) is 127 Å². The third kappa shape index (κ3) is 8.04. The first-order valence-electron chi connectivity index (χ1n) is 11.2. The van der Waals surface area contributed by atoms with Crippen molar-refractivity contribution in [3.8, 4) is 11.1 Å². The molecule has 0 N–H and O–H groups in total. The third-order valence-electron chi connectivity index (χ3n) is 5.57.